The summed E-state index contributed by atoms with van der Waals surface area (Å²) in [5.41, 5.74) is 0.366. The lowest BCUT2D eigenvalue weighted by atomic mass is 9.94. The number of amides is 2. The molecule has 1 saturated heterocycles. The first-order chi connectivity index (χ1) is 8.11. The number of aromatic nitrogens is 1. The van der Waals surface area contributed by atoms with Crippen LogP contribution in [0.5, 0.6) is 0 Å². The Morgan fingerprint density at radius 3 is 2.88 bits per heavy atom. The van der Waals surface area contributed by atoms with E-state index in [4.69, 9.17) is 5.11 Å². The molecule has 1 aliphatic heterocycles. The van der Waals surface area contributed by atoms with Crippen molar-refractivity contribution in [3.8, 4) is 0 Å². The van der Waals surface area contributed by atoms with Crippen molar-refractivity contribution in [3.05, 3.63) is 29.3 Å². The van der Waals surface area contributed by atoms with E-state index >= 15 is 0 Å². The van der Waals surface area contributed by atoms with Gasteiger partial charge in [0, 0.05) is 12.6 Å². The minimum atomic E-state index is -0.736. The Labute approximate surface area is 96.7 Å². The molecule has 2 heterocycles. The van der Waals surface area contributed by atoms with Crippen LogP contribution in [-0.2, 0) is 16.2 Å². The first-order valence-electron chi connectivity index (χ1n) is 5.20. The molecule has 2 rings (SSSR count). The quantitative estimate of drug-likeness (QED) is 0.723. The van der Waals surface area contributed by atoms with Crippen LogP contribution in [0, 0.1) is 5.82 Å². The number of piperidine rings is 1. The second kappa shape index (κ2) is 4.58. The number of nitrogens with one attached hydrogen (secondary N) is 1. The number of hydrogen-bond acceptors (Lipinski definition) is 4. The van der Waals surface area contributed by atoms with E-state index in [1.165, 1.54) is 6.20 Å². The highest BCUT2D eigenvalue weighted by atomic mass is 19.1. The zero-order valence-corrected chi connectivity index (χ0v) is 8.94. The maximum absolute atomic E-state index is 13.7. The van der Waals surface area contributed by atoms with Crippen LogP contribution in [-0.4, -0.2) is 21.9 Å². The summed E-state index contributed by atoms with van der Waals surface area (Å²) < 4.78 is 13.7. The van der Waals surface area contributed by atoms with Gasteiger partial charge in [0.15, 0.2) is 0 Å². The predicted octanol–water partition coefficient (Wildman–Crippen LogP) is 0.233. The molecule has 5 nitrogen and oxygen atoms in total. The summed E-state index contributed by atoms with van der Waals surface area (Å²) in [6, 6.07) is 1.14. The van der Waals surface area contributed by atoms with Crippen molar-refractivity contribution in [2.45, 2.75) is 25.4 Å². The smallest absolute Gasteiger partial charge is 0.235 e. The fraction of sp³-hybridized carbons (Fsp3) is 0.364. The molecule has 1 aromatic heterocycles. The number of carbonyl (C=O) groups excluding carboxylic acids is 2. The summed E-state index contributed by atoms with van der Waals surface area (Å²) in [5, 5.41) is 11.0. The molecule has 1 unspecified atom stereocenters. The highest BCUT2D eigenvalue weighted by Crippen LogP contribution is 2.25. The first kappa shape index (κ1) is 11.7. The van der Waals surface area contributed by atoms with Crippen molar-refractivity contribution in [2.24, 2.45) is 0 Å². The van der Waals surface area contributed by atoms with Crippen molar-refractivity contribution in [1.29, 1.82) is 0 Å². The fourth-order valence-electron chi connectivity index (χ4n) is 1.79. The standard InChI is InChI=1S/C11H11FN2O3/c12-8-3-6(5-15)4-13-10(8)7-1-2-9(16)14-11(7)17/h3-4,7,15H,1-2,5H2,(H,14,16,17). The predicted molar refractivity (Wildman–Crippen MR) is 55.2 cm³/mol. The highest BCUT2D eigenvalue weighted by molar-refractivity contribution is 6.00. The Hall–Kier alpha value is -1.82. The van der Waals surface area contributed by atoms with Gasteiger partial charge in [0.2, 0.25) is 11.8 Å². The van der Waals surface area contributed by atoms with E-state index in [1.807, 2.05) is 0 Å². The third-order valence-electron chi connectivity index (χ3n) is 2.68. The summed E-state index contributed by atoms with van der Waals surface area (Å²) in [6.07, 6.45) is 1.76. The minimum absolute atomic E-state index is 0.0206. The number of halogens is 1. The molecular formula is C11H11FN2O3. The number of aliphatic hydroxyl groups is 1. The van der Waals surface area contributed by atoms with Crippen molar-refractivity contribution in [3.63, 3.8) is 0 Å². The molecule has 6 heteroatoms. The van der Waals surface area contributed by atoms with E-state index in [-0.39, 0.29) is 31.0 Å². The highest BCUT2D eigenvalue weighted by Gasteiger charge is 2.31. The Balaban J connectivity index is 2.28. The monoisotopic (exact) mass is 238 g/mol. The second-order valence-corrected chi connectivity index (χ2v) is 3.87. The van der Waals surface area contributed by atoms with Crippen molar-refractivity contribution < 1.29 is 19.1 Å². The van der Waals surface area contributed by atoms with Gasteiger partial charge in [0.25, 0.3) is 0 Å². The van der Waals surface area contributed by atoms with Crippen LogP contribution in [0.2, 0.25) is 0 Å². The van der Waals surface area contributed by atoms with E-state index in [2.05, 4.69) is 10.3 Å². The molecule has 0 aromatic carbocycles. The molecule has 0 saturated carbocycles. The molecule has 0 spiro atoms. The molecule has 0 bridgehead atoms. The molecule has 2 N–H and O–H groups in total. The largest absolute Gasteiger partial charge is 0.392 e. The van der Waals surface area contributed by atoms with E-state index in [0.29, 0.717) is 5.56 Å². The van der Waals surface area contributed by atoms with E-state index in [0.717, 1.165) is 6.07 Å². The second-order valence-electron chi connectivity index (χ2n) is 3.87. The molecule has 1 atom stereocenters. The lowest BCUT2D eigenvalue weighted by molar-refractivity contribution is -0.134. The molecule has 1 fully saturated rings. The lowest BCUT2D eigenvalue weighted by Crippen LogP contribution is -2.40. The number of imide groups is 1. The number of aliphatic hydroxyl groups excluding tert-OH is 1. The Bertz CT molecular complexity index is 476. The topological polar surface area (TPSA) is 79.3 Å². The molecule has 17 heavy (non-hydrogen) atoms. The summed E-state index contributed by atoms with van der Waals surface area (Å²) in [6.45, 7) is -0.306. The fourth-order valence-corrected chi connectivity index (χ4v) is 1.79. The van der Waals surface area contributed by atoms with Gasteiger partial charge in [0.05, 0.1) is 18.2 Å². The lowest BCUT2D eigenvalue weighted by Gasteiger charge is -2.20. The van der Waals surface area contributed by atoms with Crippen molar-refractivity contribution in [1.82, 2.24) is 10.3 Å². The van der Waals surface area contributed by atoms with Crippen LogP contribution in [0.25, 0.3) is 0 Å². The number of rotatable bonds is 2. The average Bonchev–Trinajstić information content (AvgIpc) is 2.30. The van der Waals surface area contributed by atoms with Crippen LogP contribution < -0.4 is 5.32 Å². The summed E-state index contributed by atoms with van der Waals surface area (Å²) in [7, 11) is 0. The van der Waals surface area contributed by atoms with Gasteiger partial charge < -0.3 is 5.11 Å². The van der Waals surface area contributed by atoms with E-state index < -0.39 is 17.6 Å². The summed E-state index contributed by atoms with van der Waals surface area (Å²) >= 11 is 0. The molecule has 1 aromatic rings. The first-order valence-corrected chi connectivity index (χ1v) is 5.20. The van der Waals surface area contributed by atoms with Crippen LogP contribution in [0.4, 0.5) is 4.39 Å². The Morgan fingerprint density at radius 1 is 1.53 bits per heavy atom. The Kier molecular flexibility index (Phi) is 3.14. The third kappa shape index (κ3) is 2.31. The number of nitrogens with zero attached hydrogens (tertiary/aromatic N) is 1. The van der Waals surface area contributed by atoms with E-state index in [1.54, 1.807) is 0 Å². The van der Waals surface area contributed by atoms with Gasteiger partial charge in [0.1, 0.15) is 5.82 Å². The van der Waals surface area contributed by atoms with Gasteiger partial charge in [-0.1, -0.05) is 0 Å². The molecular weight excluding hydrogens is 227 g/mol. The van der Waals surface area contributed by atoms with Crippen molar-refractivity contribution >= 4 is 11.8 Å². The molecule has 90 valence electrons. The van der Waals surface area contributed by atoms with E-state index in [9.17, 15) is 14.0 Å². The zero-order valence-electron chi connectivity index (χ0n) is 8.94. The van der Waals surface area contributed by atoms with Gasteiger partial charge in [-0.3, -0.25) is 19.9 Å². The van der Waals surface area contributed by atoms with Gasteiger partial charge >= 0.3 is 0 Å². The van der Waals surface area contributed by atoms with Gasteiger partial charge in [-0.15, -0.1) is 0 Å². The number of pyridine rings is 1. The Morgan fingerprint density at radius 2 is 2.29 bits per heavy atom. The maximum atomic E-state index is 13.7. The van der Waals surface area contributed by atoms with Gasteiger partial charge in [-0.05, 0) is 18.1 Å². The molecule has 0 aliphatic carbocycles. The summed E-state index contributed by atoms with van der Waals surface area (Å²) in [5.74, 6) is -2.24. The molecule has 1 aliphatic rings. The van der Waals surface area contributed by atoms with Gasteiger partial charge in [-0.25, -0.2) is 4.39 Å². The number of hydrogen-bond donors (Lipinski definition) is 2. The van der Waals surface area contributed by atoms with Crippen LogP contribution >= 0.6 is 0 Å². The zero-order chi connectivity index (χ0) is 12.4. The SMILES string of the molecule is O=C1CCC(c2ncc(CO)cc2F)C(=O)N1. The number of carbonyl (C=O) groups is 2. The maximum Gasteiger partial charge on any atom is 0.235 e. The third-order valence-corrected chi connectivity index (χ3v) is 2.68. The average molecular weight is 238 g/mol. The minimum Gasteiger partial charge on any atom is -0.392 e. The molecule has 0 radical (unpaired) electrons. The van der Waals surface area contributed by atoms with Crippen molar-refractivity contribution in [2.75, 3.05) is 0 Å². The summed E-state index contributed by atoms with van der Waals surface area (Å²) in [4.78, 5) is 26.3. The molecule has 2 amide bonds. The normalized spacial score (nSPS) is 20.2. The van der Waals surface area contributed by atoms with Crippen LogP contribution in [0.15, 0.2) is 12.3 Å². The van der Waals surface area contributed by atoms with Crippen LogP contribution in [0.3, 0.4) is 0 Å². The van der Waals surface area contributed by atoms with Crippen LogP contribution in [0.1, 0.15) is 30.0 Å². The van der Waals surface area contributed by atoms with Gasteiger partial charge in [-0.2, -0.15) is 0 Å².